The Hall–Kier alpha value is -0.630. The van der Waals surface area contributed by atoms with E-state index < -0.39 is 5.54 Å². The number of morpholine rings is 1. The summed E-state index contributed by atoms with van der Waals surface area (Å²) in [6.07, 6.45) is 1.07. The van der Waals surface area contributed by atoms with Crippen molar-refractivity contribution in [1.29, 1.82) is 5.26 Å². The number of hydrogen-bond acceptors (Lipinski definition) is 4. The van der Waals surface area contributed by atoms with Gasteiger partial charge in [-0.05, 0) is 20.4 Å². The molecule has 4 nitrogen and oxygen atoms in total. The lowest BCUT2D eigenvalue weighted by atomic mass is 10.0. The number of nitriles is 1. The lowest BCUT2D eigenvalue weighted by Crippen LogP contribution is -2.55. The van der Waals surface area contributed by atoms with Crippen LogP contribution < -0.4 is 5.32 Å². The molecule has 15 heavy (non-hydrogen) atoms. The molecule has 1 aliphatic heterocycles. The third-order valence-electron chi connectivity index (χ3n) is 3.14. The van der Waals surface area contributed by atoms with Crippen LogP contribution in [-0.4, -0.2) is 49.8 Å². The Labute approximate surface area is 92.2 Å². The average molecular weight is 211 g/mol. The van der Waals surface area contributed by atoms with E-state index in [0.29, 0.717) is 6.04 Å². The maximum atomic E-state index is 9.10. The molecule has 0 saturated carbocycles. The van der Waals surface area contributed by atoms with Crippen LogP contribution in [0.3, 0.4) is 0 Å². The SMILES string of the molecule is CCC1COCCN1CC(C)(C#N)NC. The number of ether oxygens (including phenoxy) is 1. The summed E-state index contributed by atoms with van der Waals surface area (Å²) >= 11 is 0. The molecule has 0 radical (unpaired) electrons. The van der Waals surface area contributed by atoms with Crippen molar-refractivity contribution in [2.75, 3.05) is 33.4 Å². The van der Waals surface area contributed by atoms with Crippen molar-refractivity contribution in [3.8, 4) is 6.07 Å². The summed E-state index contributed by atoms with van der Waals surface area (Å²) in [5.74, 6) is 0. The first-order valence-electron chi connectivity index (χ1n) is 5.57. The second-order valence-electron chi connectivity index (χ2n) is 4.30. The monoisotopic (exact) mass is 211 g/mol. The highest BCUT2D eigenvalue weighted by Gasteiger charge is 2.30. The van der Waals surface area contributed by atoms with Crippen LogP contribution in [0.5, 0.6) is 0 Å². The van der Waals surface area contributed by atoms with E-state index in [1.165, 1.54) is 0 Å². The van der Waals surface area contributed by atoms with E-state index >= 15 is 0 Å². The number of rotatable bonds is 4. The lowest BCUT2D eigenvalue weighted by Gasteiger charge is -2.38. The normalized spacial score (nSPS) is 26.9. The first-order chi connectivity index (χ1) is 7.15. The molecule has 0 aromatic heterocycles. The molecular weight excluding hydrogens is 190 g/mol. The molecule has 0 amide bonds. The largest absolute Gasteiger partial charge is 0.378 e. The van der Waals surface area contributed by atoms with Crippen LogP contribution in [0.2, 0.25) is 0 Å². The second-order valence-corrected chi connectivity index (χ2v) is 4.30. The van der Waals surface area contributed by atoms with Gasteiger partial charge in [-0.1, -0.05) is 6.92 Å². The molecule has 0 bridgehead atoms. The molecule has 4 heteroatoms. The second kappa shape index (κ2) is 5.45. The van der Waals surface area contributed by atoms with Crippen molar-refractivity contribution >= 4 is 0 Å². The molecule has 0 aromatic rings. The van der Waals surface area contributed by atoms with Gasteiger partial charge in [0.1, 0.15) is 5.54 Å². The van der Waals surface area contributed by atoms with Gasteiger partial charge in [0.25, 0.3) is 0 Å². The van der Waals surface area contributed by atoms with E-state index in [9.17, 15) is 0 Å². The van der Waals surface area contributed by atoms with Crippen LogP contribution in [0.15, 0.2) is 0 Å². The number of nitrogens with zero attached hydrogens (tertiary/aromatic N) is 2. The molecule has 0 aliphatic carbocycles. The molecule has 86 valence electrons. The first-order valence-corrected chi connectivity index (χ1v) is 5.57. The molecule has 0 spiro atoms. The zero-order chi connectivity index (χ0) is 11.3. The summed E-state index contributed by atoms with van der Waals surface area (Å²) in [6.45, 7) is 7.37. The van der Waals surface area contributed by atoms with Gasteiger partial charge in [-0.25, -0.2) is 0 Å². The molecule has 2 unspecified atom stereocenters. The van der Waals surface area contributed by atoms with Crippen LogP contribution in [0, 0.1) is 11.3 Å². The van der Waals surface area contributed by atoms with Gasteiger partial charge < -0.3 is 10.1 Å². The van der Waals surface area contributed by atoms with Crippen molar-refractivity contribution < 1.29 is 4.74 Å². The molecule has 2 atom stereocenters. The van der Waals surface area contributed by atoms with E-state index in [1.807, 2.05) is 14.0 Å². The van der Waals surface area contributed by atoms with Crippen LogP contribution in [0.1, 0.15) is 20.3 Å². The first kappa shape index (κ1) is 12.4. The fourth-order valence-corrected chi connectivity index (χ4v) is 1.85. The third kappa shape index (κ3) is 3.16. The van der Waals surface area contributed by atoms with Gasteiger partial charge in [0.15, 0.2) is 0 Å². The lowest BCUT2D eigenvalue weighted by molar-refractivity contribution is -0.0153. The predicted molar refractivity (Wildman–Crippen MR) is 59.5 cm³/mol. The van der Waals surface area contributed by atoms with E-state index in [4.69, 9.17) is 10.00 Å². The minimum absolute atomic E-state index is 0.454. The maximum Gasteiger partial charge on any atom is 0.116 e. The van der Waals surface area contributed by atoms with Crippen LogP contribution in [0.25, 0.3) is 0 Å². The highest BCUT2D eigenvalue weighted by Crippen LogP contribution is 2.14. The summed E-state index contributed by atoms with van der Waals surface area (Å²) in [7, 11) is 1.84. The Balaban J connectivity index is 2.58. The van der Waals surface area contributed by atoms with Crippen molar-refractivity contribution in [3.63, 3.8) is 0 Å². The Morgan fingerprint density at radius 2 is 2.40 bits per heavy atom. The average Bonchev–Trinajstić information content (AvgIpc) is 2.29. The van der Waals surface area contributed by atoms with Crippen molar-refractivity contribution in [1.82, 2.24) is 10.2 Å². The van der Waals surface area contributed by atoms with E-state index in [1.54, 1.807) is 0 Å². The highest BCUT2D eigenvalue weighted by atomic mass is 16.5. The van der Waals surface area contributed by atoms with Gasteiger partial charge in [-0.3, -0.25) is 4.90 Å². The molecule has 1 rings (SSSR count). The minimum atomic E-state index is -0.454. The van der Waals surface area contributed by atoms with Gasteiger partial charge in [-0.2, -0.15) is 5.26 Å². The molecule has 1 aliphatic rings. The Morgan fingerprint density at radius 1 is 1.67 bits per heavy atom. The summed E-state index contributed by atoms with van der Waals surface area (Å²) in [5, 5.41) is 12.2. The van der Waals surface area contributed by atoms with Gasteiger partial charge in [0.2, 0.25) is 0 Å². The molecule has 1 N–H and O–H groups in total. The van der Waals surface area contributed by atoms with E-state index in [-0.39, 0.29) is 0 Å². The topological polar surface area (TPSA) is 48.3 Å². The summed E-state index contributed by atoms with van der Waals surface area (Å²) in [6, 6.07) is 2.78. The Kier molecular flexibility index (Phi) is 4.52. The third-order valence-corrected chi connectivity index (χ3v) is 3.14. The molecular formula is C11H21N3O. The van der Waals surface area contributed by atoms with E-state index in [0.717, 1.165) is 32.7 Å². The van der Waals surface area contributed by atoms with Gasteiger partial charge >= 0.3 is 0 Å². The Morgan fingerprint density at radius 3 is 2.93 bits per heavy atom. The quantitative estimate of drug-likeness (QED) is 0.739. The van der Waals surface area contributed by atoms with Crippen LogP contribution in [-0.2, 0) is 4.74 Å². The molecule has 1 fully saturated rings. The molecule has 1 saturated heterocycles. The van der Waals surface area contributed by atoms with Crippen molar-refractivity contribution in [3.05, 3.63) is 0 Å². The van der Waals surface area contributed by atoms with Crippen molar-refractivity contribution in [2.45, 2.75) is 31.8 Å². The van der Waals surface area contributed by atoms with Crippen molar-refractivity contribution in [2.24, 2.45) is 0 Å². The zero-order valence-electron chi connectivity index (χ0n) is 9.92. The number of likely N-dealkylation sites (N-methyl/N-ethyl adjacent to an activating group) is 1. The zero-order valence-corrected chi connectivity index (χ0v) is 9.92. The smallest absolute Gasteiger partial charge is 0.116 e. The fraction of sp³-hybridized carbons (Fsp3) is 0.909. The maximum absolute atomic E-state index is 9.10. The standard InChI is InChI=1S/C11H21N3O/c1-4-10-7-15-6-5-14(10)9-11(2,8-12)13-3/h10,13H,4-7,9H2,1-3H3. The van der Waals surface area contributed by atoms with Gasteiger partial charge in [0, 0.05) is 19.1 Å². The highest BCUT2D eigenvalue weighted by molar-refractivity contribution is 5.05. The van der Waals surface area contributed by atoms with E-state index in [2.05, 4.69) is 23.2 Å². The van der Waals surface area contributed by atoms with Crippen LogP contribution in [0.4, 0.5) is 0 Å². The number of nitrogens with one attached hydrogen (secondary N) is 1. The fourth-order valence-electron chi connectivity index (χ4n) is 1.85. The molecule has 0 aromatic carbocycles. The molecule has 1 heterocycles. The minimum Gasteiger partial charge on any atom is -0.378 e. The van der Waals surface area contributed by atoms with Gasteiger partial charge in [-0.15, -0.1) is 0 Å². The summed E-state index contributed by atoms with van der Waals surface area (Å²) < 4.78 is 5.44. The Bertz CT molecular complexity index is 238. The predicted octanol–water partition coefficient (Wildman–Crippen LogP) is 0.599. The summed E-state index contributed by atoms with van der Waals surface area (Å²) in [4.78, 5) is 2.35. The number of hydrogen-bond donors (Lipinski definition) is 1. The van der Waals surface area contributed by atoms with Crippen LogP contribution >= 0.6 is 0 Å². The van der Waals surface area contributed by atoms with Gasteiger partial charge in [0.05, 0.1) is 19.3 Å². The summed E-state index contributed by atoms with van der Waals surface area (Å²) in [5.41, 5.74) is -0.454.